The molecule has 1 aliphatic rings. The molecule has 1 aliphatic heterocycles. The summed E-state index contributed by atoms with van der Waals surface area (Å²) in [6, 6.07) is 5.40. The van der Waals surface area contributed by atoms with Gasteiger partial charge in [-0.15, -0.1) is 11.3 Å². The molecular weight excluding hydrogens is 408 g/mol. The smallest absolute Gasteiger partial charge is 0.409 e. The molecule has 160 valence electrons. The monoisotopic (exact) mass is 432 g/mol. The highest BCUT2D eigenvalue weighted by Gasteiger charge is 2.25. The molecular formula is C20H24N4O5S. The minimum absolute atomic E-state index is 0.0669. The van der Waals surface area contributed by atoms with Gasteiger partial charge in [-0.25, -0.2) is 14.6 Å². The molecule has 2 aromatic heterocycles. The third kappa shape index (κ3) is 5.53. The first kappa shape index (κ1) is 21.7. The van der Waals surface area contributed by atoms with Crippen LogP contribution in [0.15, 0.2) is 24.4 Å². The zero-order chi connectivity index (χ0) is 21.5. The second kappa shape index (κ2) is 10.1. The first-order valence-corrected chi connectivity index (χ1v) is 10.6. The molecule has 10 heteroatoms. The van der Waals surface area contributed by atoms with Crippen molar-refractivity contribution in [3.8, 4) is 10.7 Å². The number of ether oxygens (including phenoxy) is 2. The summed E-state index contributed by atoms with van der Waals surface area (Å²) < 4.78 is 10.1. The lowest BCUT2D eigenvalue weighted by atomic mass is 10.1. The van der Waals surface area contributed by atoms with Crippen molar-refractivity contribution in [2.45, 2.75) is 32.7 Å². The molecule has 2 aromatic rings. The molecule has 0 unspecified atom stereocenters. The second-order valence-corrected chi connectivity index (χ2v) is 7.75. The number of carbonyl (C=O) groups excluding carboxylic acids is 3. The van der Waals surface area contributed by atoms with Crippen LogP contribution in [0.5, 0.6) is 0 Å². The number of hydrogen-bond acceptors (Lipinski definition) is 8. The zero-order valence-electron chi connectivity index (χ0n) is 16.9. The van der Waals surface area contributed by atoms with Crippen molar-refractivity contribution in [1.29, 1.82) is 0 Å². The standard InChI is InChI=1S/C20H24N4O5S/c1-3-28-20(27)24-10-7-14(8-11-24)23-16(25)12-29-19(26)17-13(2)22-18(30-17)15-6-4-5-9-21-15/h4-6,9,14H,3,7-8,10-12H2,1-2H3,(H,23,25). The molecule has 0 aromatic carbocycles. The summed E-state index contributed by atoms with van der Waals surface area (Å²) in [5.41, 5.74) is 1.22. The minimum Gasteiger partial charge on any atom is -0.451 e. The number of piperidine rings is 1. The molecule has 0 aliphatic carbocycles. The number of thiazole rings is 1. The number of esters is 1. The van der Waals surface area contributed by atoms with Crippen molar-refractivity contribution in [2.75, 3.05) is 26.3 Å². The van der Waals surface area contributed by atoms with Gasteiger partial charge in [-0.3, -0.25) is 9.78 Å². The Labute approximate surface area is 178 Å². The van der Waals surface area contributed by atoms with E-state index in [0.717, 1.165) is 0 Å². The van der Waals surface area contributed by atoms with E-state index >= 15 is 0 Å². The Hall–Kier alpha value is -3.01. The Morgan fingerprint density at radius 3 is 2.67 bits per heavy atom. The lowest BCUT2D eigenvalue weighted by molar-refractivity contribution is -0.125. The van der Waals surface area contributed by atoms with E-state index < -0.39 is 5.97 Å². The Kier molecular flexibility index (Phi) is 7.34. The van der Waals surface area contributed by atoms with Crippen LogP contribution in [-0.4, -0.2) is 65.2 Å². The van der Waals surface area contributed by atoms with Crippen molar-refractivity contribution in [3.63, 3.8) is 0 Å². The largest absolute Gasteiger partial charge is 0.451 e. The van der Waals surface area contributed by atoms with E-state index in [4.69, 9.17) is 9.47 Å². The van der Waals surface area contributed by atoms with Crippen LogP contribution in [0.3, 0.4) is 0 Å². The van der Waals surface area contributed by atoms with Crippen molar-refractivity contribution >= 4 is 29.3 Å². The van der Waals surface area contributed by atoms with Crippen LogP contribution >= 0.6 is 11.3 Å². The molecule has 2 amide bonds. The SMILES string of the molecule is CCOC(=O)N1CCC(NC(=O)COC(=O)c2sc(-c3ccccn3)nc2C)CC1. The molecule has 1 N–H and O–H groups in total. The van der Waals surface area contributed by atoms with Gasteiger partial charge in [-0.2, -0.15) is 0 Å². The molecule has 0 saturated carbocycles. The topological polar surface area (TPSA) is 111 Å². The van der Waals surface area contributed by atoms with Gasteiger partial charge in [0.15, 0.2) is 6.61 Å². The average Bonchev–Trinajstić information content (AvgIpc) is 3.15. The second-order valence-electron chi connectivity index (χ2n) is 6.75. The zero-order valence-corrected chi connectivity index (χ0v) is 17.7. The quantitative estimate of drug-likeness (QED) is 0.698. The number of aryl methyl sites for hydroxylation is 1. The summed E-state index contributed by atoms with van der Waals surface area (Å²) in [5.74, 6) is -0.954. The lowest BCUT2D eigenvalue weighted by Crippen LogP contribution is -2.47. The van der Waals surface area contributed by atoms with Crippen LogP contribution in [-0.2, 0) is 14.3 Å². The molecule has 1 fully saturated rings. The first-order chi connectivity index (χ1) is 14.5. The fraction of sp³-hybridized carbons (Fsp3) is 0.450. The predicted octanol–water partition coefficient (Wildman–Crippen LogP) is 2.41. The van der Waals surface area contributed by atoms with Crippen LogP contribution in [0.25, 0.3) is 10.7 Å². The van der Waals surface area contributed by atoms with Crippen molar-refractivity contribution < 1.29 is 23.9 Å². The van der Waals surface area contributed by atoms with Crippen LogP contribution < -0.4 is 5.32 Å². The van der Waals surface area contributed by atoms with Crippen LogP contribution in [0.4, 0.5) is 4.79 Å². The number of carbonyl (C=O) groups is 3. The summed E-state index contributed by atoms with van der Waals surface area (Å²) in [5, 5.41) is 3.47. The summed E-state index contributed by atoms with van der Waals surface area (Å²) in [4.78, 5) is 46.8. The predicted molar refractivity (Wildman–Crippen MR) is 110 cm³/mol. The van der Waals surface area contributed by atoms with Crippen LogP contribution in [0.1, 0.15) is 35.1 Å². The van der Waals surface area contributed by atoms with Gasteiger partial charge in [0.05, 0.1) is 18.0 Å². The number of nitrogens with one attached hydrogen (secondary N) is 1. The fourth-order valence-electron chi connectivity index (χ4n) is 3.07. The number of pyridine rings is 1. The molecule has 0 atom stereocenters. The van der Waals surface area contributed by atoms with Crippen molar-refractivity contribution in [2.24, 2.45) is 0 Å². The van der Waals surface area contributed by atoms with Crippen molar-refractivity contribution in [3.05, 3.63) is 35.0 Å². The molecule has 0 bridgehead atoms. The van der Waals surface area contributed by atoms with E-state index in [2.05, 4.69) is 15.3 Å². The minimum atomic E-state index is -0.584. The number of rotatable bonds is 6. The molecule has 0 spiro atoms. The molecule has 3 heterocycles. The van der Waals surface area contributed by atoms with E-state index in [9.17, 15) is 14.4 Å². The first-order valence-electron chi connectivity index (χ1n) is 9.75. The molecule has 30 heavy (non-hydrogen) atoms. The van der Waals surface area contributed by atoms with Gasteiger partial charge in [0.2, 0.25) is 0 Å². The number of aromatic nitrogens is 2. The maximum atomic E-state index is 12.4. The molecule has 9 nitrogen and oxygen atoms in total. The third-order valence-electron chi connectivity index (χ3n) is 4.59. The summed E-state index contributed by atoms with van der Waals surface area (Å²) in [7, 11) is 0. The molecule has 3 rings (SSSR count). The number of likely N-dealkylation sites (tertiary alicyclic amines) is 1. The summed E-state index contributed by atoms with van der Waals surface area (Å²) >= 11 is 1.19. The van der Waals surface area contributed by atoms with Gasteiger partial charge in [0.25, 0.3) is 5.91 Å². The van der Waals surface area contributed by atoms with Crippen LogP contribution in [0.2, 0.25) is 0 Å². The van der Waals surface area contributed by atoms with E-state index in [1.165, 1.54) is 11.3 Å². The maximum absolute atomic E-state index is 12.4. The van der Waals surface area contributed by atoms with Gasteiger partial charge in [0, 0.05) is 25.3 Å². The van der Waals surface area contributed by atoms with Gasteiger partial charge < -0.3 is 19.7 Å². The highest BCUT2D eigenvalue weighted by Crippen LogP contribution is 2.26. The third-order valence-corrected chi connectivity index (χ3v) is 5.75. The number of amides is 2. The Morgan fingerprint density at radius 2 is 2.00 bits per heavy atom. The van der Waals surface area contributed by atoms with Gasteiger partial charge in [-0.1, -0.05) is 6.07 Å². The fourth-order valence-corrected chi connectivity index (χ4v) is 4.01. The average molecular weight is 433 g/mol. The highest BCUT2D eigenvalue weighted by atomic mass is 32.1. The van der Waals surface area contributed by atoms with Gasteiger partial charge >= 0.3 is 12.1 Å². The Balaban J connectivity index is 1.46. The Morgan fingerprint density at radius 1 is 1.23 bits per heavy atom. The van der Waals surface area contributed by atoms with E-state index in [-0.39, 0.29) is 24.6 Å². The van der Waals surface area contributed by atoms with Crippen LogP contribution in [0, 0.1) is 6.92 Å². The van der Waals surface area contributed by atoms with E-state index in [1.54, 1.807) is 31.0 Å². The van der Waals surface area contributed by atoms with E-state index in [1.807, 2.05) is 12.1 Å². The normalized spacial score (nSPS) is 14.3. The summed E-state index contributed by atoms with van der Waals surface area (Å²) in [6.45, 7) is 4.48. The lowest BCUT2D eigenvalue weighted by Gasteiger charge is -2.31. The van der Waals surface area contributed by atoms with Crippen molar-refractivity contribution in [1.82, 2.24) is 20.2 Å². The highest BCUT2D eigenvalue weighted by molar-refractivity contribution is 7.17. The van der Waals surface area contributed by atoms with Gasteiger partial charge in [-0.05, 0) is 38.8 Å². The van der Waals surface area contributed by atoms with E-state index in [0.29, 0.717) is 53.8 Å². The number of nitrogens with zero attached hydrogens (tertiary/aromatic N) is 3. The summed E-state index contributed by atoms with van der Waals surface area (Å²) in [6.07, 6.45) is 2.58. The maximum Gasteiger partial charge on any atom is 0.409 e. The Bertz CT molecular complexity index is 894. The number of hydrogen-bond donors (Lipinski definition) is 1. The molecule has 1 saturated heterocycles. The van der Waals surface area contributed by atoms with Gasteiger partial charge in [0.1, 0.15) is 9.88 Å². The molecule has 0 radical (unpaired) electrons.